The number of hydrogen-bond acceptors (Lipinski definition) is 3. The van der Waals surface area contributed by atoms with Crippen molar-refractivity contribution in [3.05, 3.63) is 0 Å². The molecule has 2 atom stereocenters. The van der Waals surface area contributed by atoms with E-state index in [0.717, 1.165) is 13.2 Å². The van der Waals surface area contributed by atoms with E-state index in [2.05, 4.69) is 11.0 Å². The molecule has 0 aromatic carbocycles. The summed E-state index contributed by atoms with van der Waals surface area (Å²) in [4.78, 5) is 2.23. The van der Waals surface area contributed by atoms with Crippen molar-refractivity contribution in [1.29, 1.82) is 5.26 Å². The highest BCUT2D eigenvalue weighted by Gasteiger charge is 2.27. The van der Waals surface area contributed by atoms with Crippen LogP contribution in [0.5, 0.6) is 0 Å². The predicted molar refractivity (Wildman–Crippen MR) is 46.7 cm³/mol. The Kier molecular flexibility index (Phi) is 3.51. The summed E-state index contributed by atoms with van der Waals surface area (Å²) in [6.45, 7) is 3.75. The van der Waals surface area contributed by atoms with Gasteiger partial charge in [-0.3, -0.25) is 4.90 Å². The Morgan fingerprint density at radius 3 is 3.08 bits per heavy atom. The standard InChI is InChI=1S/C9H16N2O/c1-8(6-10)11-5-3-4-9(11)7-12-2/h8-9H,3-5,7H2,1-2H3. The molecule has 2 unspecified atom stereocenters. The molecule has 1 rings (SSSR count). The van der Waals surface area contributed by atoms with Crippen molar-refractivity contribution in [3.63, 3.8) is 0 Å². The molecule has 0 aromatic rings. The minimum absolute atomic E-state index is 0.0349. The van der Waals surface area contributed by atoms with E-state index in [1.165, 1.54) is 12.8 Å². The molecule has 1 saturated heterocycles. The molecular formula is C9H16N2O. The lowest BCUT2D eigenvalue weighted by Crippen LogP contribution is -2.38. The van der Waals surface area contributed by atoms with Crippen LogP contribution in [0.15, 0.2) is 0 Å². The fourth-order valence-electron chi connectivity index (χ4n) is 1.81. The maximum Gasteiger partial charge on any atom is 0.0952 e. The molecule has 0 saturated carbocycles. The molecule has 0 spiro atoms. The molecule has 0 amide bonds. The molecule has 1 aliphatic heterocycles. The third-order valence-electron chi connectivity index (χ3n) is 2.47. The summed E-state index contributed by atoms with van der Waals surface area (Å²) in [6, 6.07) is 2.76. The zero-order valence-electron chi connectivity index (χ0n) is 7.79. The number of ether oxygens (including phenoxy) is 1. The molecule has 1 aliphatic rings. The van der Waals surface area contributed by atoms with Gasteiger partial charge >= 0.3 is 0 Å². The molecule has 68 valence electrons. The van der Waals surface area contributed by atoms with Crippen LogP contribution in [0.2, 0.25) is 0 Å². The van der Waals surface area contributed by atoms with Crippen molar-refractivity contribution in [3.8, 4) is 6.07 Å². The van der Waals surface area contributed by atoms with Crippen LogP contribution < -0.4 is 0 Å². The summed E-state index contributed by atoms with van der Waals surface area (Å²) in [5.74, 6) is 0. The third kappa shape index (κ3) is 1.96. The SMILES string of the molecule is COCC1CCCN1C(C)C#N. The van der Waals surface area contributed by atoms with Gasteiger partial charge in [-0.2, -0.15) is 5.26 Å². The van der Waals surface area contributed by atoms with Crippen molar-refractivity contribution in [1.82, 2.24) is 4.90 Å². The molecule has 0 aromatic heterocycles. The maximum atomic E-state index is 8.75. The van der Waals surface area contributed by atoms with Crippen molar-refractivity contribution in [2.24, 2.45) is 0 Å². The molecular weight excluding hydrogens is 152 g/mol. The van der Waals surface area contributed by atoms with E-state index in [9.17, 15) is 0 Å². The topological polar surface area (TPSA) is 36.3 Å². The molecule has 1 heterocycles. The fourth-order valence-corrected chi connectivity index (χ4v) is 1.81. The number of nitrogens with zero attached hydrogens (tertiary/aromatic N) is 2. The fraction of sp³-hybridized carbons (Fsp3) is 0.889. The highest BCUT2D eigenvalue weighted by Crippen LogP contribution is 2.19. The first kappa shape index (κ1) is 9.50. The Morgan fingerprint density at radius 2 is 2.50 bits per heavy atom. The summed E-state index contributed by atoms with van der Waals surface area (Å²) in [7, 11) is 1.72. The van der Waals surface area contributed by atoms with E-state index in [4.69, 9.17) is 10.00 Å². The Balaban J connectivity index is 2.46. The minimum atomic E-state index is 0.0349. The van der Waals surface area contributed by atoms with Crippen LogP contribution >= 0.6 is 0 Å². The lowest BCUT2D eigenvalue weighted by atomic mass is 10.2. The summed E-state index contributed by atoms with van der Waals surface area (Å²) >= 11 is 0. The number of hydrogen-bond donors (Lipinski definition) is 0. The zero-order chi connectivity index (χ0) is 8.97. The number of nitriles is 1. The molecule has 12 heavy (non-hydrogen) atoms. The Morgan fingerprint density at radius 1 is 1.75 bits per heavy atom. The predicted octanol–water partition coefficient (Wildman–Crippen LogP) is 1.01. The van der Waals surface area contributed by atoms with Gasteiger partial charge in [-0.05, 0) is 26.3 Å². The van der Waals surface area contributed by atoms with Gasteiger partial charge in [0.1, 0.15) is 0 Å². The van der Waals surface area contributed by atoms with Gasteiger partial charge in [0.15, 0.2) is 0 Å². The molecule has 1 fully saturated rings. The third-order valence-corrected chi connectivity index (χ3v) is 2.47. The van der Waals surface area contributed by atoms with E-state index >= 15 is 0 Å². The molecule has 0 bridgehead atoms. The maximum absolute atomic E-state index is 8.75. The second-order valence-electron chi connectivity index (χ2n) is 3.29. The molecule has 0 aliphatic carbocycles. The van der Waals surface area contributed by atoms with Crippen LogP contribution in [0.3, 0.4) is 0 Å². The smallest absolute Gasteiger partial charge is 0.0952 e. The first-order chi connectivity index (χ1) is 5.79. The minimum Gasteiger partial charge on any atom is -0.383 e. The van der Waals surface area contributed by atoms with Crippen molar-refractivity contribution in [2.45, 2.75) is 31.8 Å². The second kappa shape index (κ2) is 4.44. The van der Waals surface area contributed by atoms with Crippen LogP contribution in [-0.4, -0.2) is 37.2 Å². The lowest BCUT2D eigenvalue weighted by molar-refractivity contribution is 0.106. The van der Waals surface area contributed by atoms with Gasteiger partial charge < -0.3 is 4.74 Å². The normalized spacial score (nSPS) is 26.9. The largest absolute Gasteiger partial charge is 0.383 e. The Hall–Kier alpha value is -0.590. The lowest BCUT2D eigenvalue weighted by Gasteiger charge is -2.25. The van der Waals surface area contributed by atoms with Crippen molar-refractivity contribution >= 4 is 0 Å². The second-order valence-corrected chi connectivity index (χ2v) is 3.29. The Bertz CT molecular complexity index is 176. The average molecular weight is 168 g/mol. The van der Waals surface area contributed by atoms with E-state index in [-0.39, 0.29) is 6.04 Å². The van der Waals surface area contributed by atoms with Crippen LogP contribution in [-0.2, 0) is 4.74 Å². The van der Waals surface area contributed by atoms with Gasteiger partial charge in [0.2, 0.25) is 0 Å². The Labute approximate surface area is 73.9 Å². The molecule has 0 radical (unpaired) electrons. The average Bonchev–Trinajstić information content (AvgIpc) is 2.52. The number of rotatable bonds is 3. The van der Waals surface area contributed by atoms with Gasteiger partial charge in [0, 0.05) is 13.2 Å². The first-order valence-corrected chi connectivity index (χ1v) is 4.44. The molecule has 3 heteroatoms. The van der Waals surface area contributed by atoms with E-state index in [1.54, 1.807) is 7.11 Å². The van der Waals surface area contributed by atoms with Crippen LogP contribution in [0.4, 0.5) is 0 Å². The van der Waals surface area contributed by atoms with Crippen molar-refractivity contribution in [2.75, 3.05) is 20.3 Å². The van der Waals surface area contributed by atoms with Crippen LogP contribution in [0.25, 0.3) is 0 Å². The highest BCUT2D eigenvalue weighted by molar-refractivity contribution is 4.93. The number of methoxy groups -OCH3 is 1. The van der Waals surface area contributed by atoms with E-state index < -0.39 is 0 Å². The number of likely N-dealkylation sites (tertiary alicyclic amines) is 1. The molecule has 0 N–H and O–H groups in total. The summed E-state index contributed by atoms with van der Waals surface area (Å²) in [5, 5.41) is 8.75. The van der Waals surface area contributed by atoms with E-state index in [1.807, 2.05) is 6.92 Å². The summed E-state index contributed by atoms with van der Waals surface area (Å²) < 4.78 is 5.10. The highest BCUT2D eigenvalue weighted by atomic mass is 16.5. The van der Waals surface area contributed by atoms with E-state index in [0.29, 0.717) is 6.04 Å². The summed E-state index contributed by atoms with van der Waals surface area (Å²) in [5.41, 5.74) is 0. The van der Waals surface area contributed by atoms with Crippen LogP contribution in [0.1, 0.15) is 19.8 Å². The van der Waals surface area contributed by atoms with Gasteiger partial charge in [0.25, 0.3) is 0 Å². The van der Waals surface area contributed by atoms with Gasteiger partial charge in [-0.25, -0.2) is 0 Å². The monoisotopic (exact) mass is 168 g/mol. The summed E-state index contributed by atoms with van der Waals surface area (Å²) in [6.07, 6.45) is 2.36. The zero-order valence-corrected chi connectivity index (χ0v) is 7.79. The first-order valence-electron chi connectivity index (χ1n) is 4.44. The van der Waals surface area contributed by atoms with Crippen LogP contribution in [0, 0.1) is 11.3 Å². The molecule has 3 nitrogen and oxygen atoms in total. The van der Waals surface area contributed by atoms with Crippen molar-refractivity contribution < 1.29 is 4.74 Å². The van der Waals surface area contributed by atoms with Gasteiger partial charge in [-0.1, -0.05) is 0 Å². The van der Waals surface area contributed by atoms with Gasteiger partial charge in [-0.15, -0.1) is 0 Å². The quantitative estimate of drug-likeness (QED) is 0.631. The van der Waals surface area contributed by atoms with Gasteiger partial charge in [0.05, 0.1) is 18.7 Å².